The van der Waals surface area contributed by atoms with Crippen molar-refractivity contribution in [1.82, 2.24) is 0 Å². The number of rotatable bonds is 0. The molecule has 0 aliphatic carbocycles. The first-order valence-corrected chi connectivity index (χ1v) is 12.9. The zero-order chi connectivity index (χ0) is 27.6. The second-order valence-corrected chi connectivity index (χ2v) is 8.69. The lowest BCUT2D eigenvalue weighted by Crippen LogP contribution is -2.20. The van der Waals surface area contributed by atoms with Crippen molar-refractivity contribution in [1.29, 1.82) is 0 Å². The van der Waals surface area contributed by atoms with E-state index in [-0.39, 0.29) is 62.6 Å². The third-order valence-corrected chi connectivity index (χ3v) is 5.34. The Morgan fingerprint density at radius 3 is 1.45 bits per heavy atom. The van der Waals surface area contributed by atoms with Gasteiger partial charge in [0.15, 0.2) is 0 Å². The van der Waals surface area contributed by atoms with E-state index < -0.39 is 23.9 Å². The molecule has 1 aliphatic rings. The summed E-state index contributed by atoms with van der Waals surface area (Å²) >= 11 is 0. The number of carbonyl (C=O) groups is 4. The highest BCUT2D eigenvalue weighted by Crippen LogP contribution is 2.14. The summed E-state index contributed by atoms with van der Waals surface area (Å²) in [5.41, 5.74) is -0.0265. The normalized spacial score (nSPS) is 23.8. The maximum Gasteiger partial charge on any atom is 0.342 e. The van der Waals surface area contributed by atoms with Gasteiger partial charge in [-0.3, -0.25) is 9.59 Å². The molecule has 2 unspecified atom stereocenters. The van der Waals surface area contributed by atoms with Crippen LogP contribution >= 0.6 is 0 Å². The van der Waals surface area contributed by atoms with Crippen LogP contribution in [0.4, 0.5) is 0 Å². The van der Waals surface area contributed by atoms with Crippen LogP contribution in [-0.2, 0) is 42.7 Å². The van der Waals surface area contributed by atoms with Gasteiger partial charge in [-0.25, -0.2) is 9.59 Å². The Kier molecular flexibility index (Phi) is 15.1. The van der Waals surface area contributed by atoms with Crippen molar-refractivity contribution in [2.45, 2.75) is 64.6 Å². The van der Waals surface area contributed by atoms with Crippen molar-refractivity contribution in [2.24, 2.45) is 0 Å². The van der Waals surface area contributed by atoms with Crippen LogP contribution in [0.5, 0.6) is 0 Å². The van der Waals surface area contributed by atoms with E-state index in [1.807, 2.05) is 0 Å². The van der Waals surface area contributed by atoms with Gasteiger partial charge >= 0.3 is 23.9 Å². The molecule has 0 amide bonds. The Morgan fingerprint density at radius 1 is 0.579 bits per heavy atom. The summed E-state index contributed by atoms with van der Waals surface area (Å²) in [5.74, 6) is -2.19. The monoisotopic (exact) mass is 542 g/mol. The molecular weight excluding hydrogens is 504 g/mol. The van der Waals surface area contributed by atoms with E-state index in [9.17, 15) is 19.2 Å². The second-order valence-electron chi connectivity index (χ2n) is 8.69. The molecule has 2 rings (SSSR count). The fourth-order valence-corrected chi connectivity index (χ4v) is 3.22. The maximum atomic E-state index is 12.3. The number of furan rings is 1. The summed E-state index contributed by atoms with van der Waals surface area (Å²) in [4.78, 5) is 48.5. The Morgan fingerprint density at radius 2 is 1.00 bits per heavy atom. The predicted molar refractivity (Wildman–Crippen MR) is 131 cm³/mol. The minimum Gasteiger partial charge on any atom is -0.471 e. The summed E-state index contributed by atoms with van der Waals surface area (Å²) < 4.78 is 42.3. The summed E-state index contributed by atoms with van der Waals surface area (Å²) in [5, 5.41) is 0. The van der Waals surface area contributed by atoms with Gasteiger partial charge in [-0.05, 0) is 13.8 Å². The molecule has 0 N–H and O–H groups in total. The van der Waals surface area contributed by atoms with Crippen molar-refractivity contribution in [3.63, 3.8) is 0 Å². The van der Waals surface area contributed by atoms with Gasteiger partial charge < -0.3 is 37.6 Å². The van der Waals surface area contributed by atoms with Crippen molar-refractivity contribution in [3.8, 4) is 0 Å². The molecule has 12 heteroatoms. The molecule has 1 aromatic rings. The minimum atomic E-state index is -0.697. The van der Waals surface area contributed by atoms with Crippen LogP contribution in [0.2, 0.25) is 0 Å². The average Bonchev–Trinajstić information content (AvgIpc) is 3.37. The number of esters is 4. The molecule has 214 valence electrons. The molecule has 0 fully saturated rings. The van der Waals surface area contributed by atoms with E-state index in [2.05, 4.69) is 0 Å². The van der Waals surface area contributed by atoms with Crippen LogP contribution in [0.25, 0.3) is 0 Å². The average molecular weight is 543 g/mol. The van der Waals surface area contributed by atoms with Crippen molar-refractivity contribution in [3.05, 3.63) is 23.7 Å². The lowest BCUT2D eigenvalue weighted by Gasteiger charge is -2.14. The van der Waals surface area contributed by atoms with Gasteiger partial charge in [0, 0.05) is 38.9 Å². The molecule has 1 aliphatic heterocycles. The van der Waals surface area contributed by atoms with E-state index in [0.29, 0.717) is 52.1 Å². The first-order valence-electron chi connectivity index (χ1n) is 12.9. The van der Waals surface area contributed by atoms with E-state index in [4.69, 9.17) is 37.6 Å². The third kappa shape index (κ3) is 13.0. The largest absolute Gasteiger partial charge is 0.471 e. The third-order valence-electron chi connectivity index (χ3n) is 5.34. The van der Waals surface area contributed by atoms with Gasteiger partial charge in [0.1, 0.15) is 35.9 Å². The van der Waals surface area contributed by atoms with Gasteiger partial charge in [-0.1, -0.05) is 0 Å². The first-order chi connectivity index (χ1) is 18.4. The van der Waals surface area contributed by atoms with E-state index in [0.717, 1.165) is 12.5 Å². The topological polar surface area (TPSA) is 146 Å². The zero-order valence-corrected chi connectivity index (χ0v) is 22.1. The van der Waals surface area contributed by atoms with Crippen LogP contribution in [0, 0.1) is 0 Å². The van der Waals surface area contributed by atoms with Crippen LogP contribution < -0.4 is 0 Å². The predicted octanol–water partition coefficient (Wildman–Crippen LogP) is 2.86. The minimum absolute atomic E-state index is 0.0132. The van der Waals surface area contributed by atoms with Gasteiger partial charge in [-0.15, -0.1) is 0 Å². The highest BCUT2D eigenvalue weighted by molar-refractivity contribution is 6.02. The molecule has 0 bridgehead atoms. The molecular formula is C26H38O12. The van der Waals surface area contributed by atoms with Crippen LogP contribution in [0.15, 0.2) is 16.9 Å². The Bertz CT molecular complexity index is 798. The SMILES string of the molecule is CC1CCOCCCOC(=O)c2cocc2C(=O)OCCCOCCC(C)OC(=O)CCOCCC(=O)O1. The molecule has 0 saturated heterocycles. The fourth-order valence-electron chi connectivity index (χ4n) is 3.22. The molecule has 2 atom stereocenters. The molecule has 0 aromatic carbocycles. The van der Waals surface area contributed by atoms with Gasteiger partial charge in [0.2, 0.25) is 0 Å². The lowest BCUT2D eigenvalue weighted by atomic mass is 10.2. The highest BCUT2D eigenvalue weighted by Gasteiger charge is 2.22. The van der Waals surface area contributed by atoms with E-state index >= 15 is 0 Å². The lowest BCUT2D eigenvalue weighted by molar-refractivity contribution is -0.151. The van der Waals surface area contributed by atoms with Crippen LogP contribution in [-0.4, -0.2) is 88.9 Å². The van der Waals surface area contributed by atoms with Crippen molar-refractivity contribution in [2.75, 3.05) is 52.9 Å². The second kappa shape index (κ2) is 18.3. The summed E-state index contributed by atoms with van der Waals surface area (Å²) in [6.07, 6.45) is 3.66. The molecule has 12 nitrogen and oxygen atoms in total. The summed E-state index contributed by atoms with van der Waals surface area (Å²) in [6.45, 7) is 5.41. The summed E-state index contributed by atoms with van der Waals surface area (Å²) in [6, 6.07) is 0. The fraction of sp³-hybridized carbons (Fsp3) is 0.692. The number of fused-ring (bicyclic) bond motifs is 1. The molecule has 38 heavy (non-hydrogen) atoms. The highest BCUT2D eigenvalue weighted by atomic mass is 16.6. The van der Waals surface area contributed by atoms with Gasteiger partial charge in [0.25, 0.3) is 0 Å². The van der Waals surface area contributed by atoms with Crippen LogP contribution in [0.1, 0.15) is 73.1 Å². The Labute approximate surface area is 222 Å². The number of hydrogen-bond donors (Lipinski definition) is 0. The number of carbonyl (C=O) groups excluding carboxylic acids is 4. The number of ether oxygens (including phenoxy) is 7. The van der Waals surface area contributed by atoms with E-state index in [1.165, 1.54) is 0 Å². The molecule has 0 radical (unpaired) electrons. The Balaban J connectivity index is 1.82. The first kappa shape index (κ1) is 31.3. The smallest absolute Gasteiger partial charge is 0.342 e. The Hall–Kier alpha value is -2.96. The van der Waals surface area contributed by atoms with Crippen LogP contribution in [0.3, 0.4) is 0 Å². The molecule has 0 saturated carbocycles. The van der Waals surface area contributed by atoms with Crippen molar-refractivity contribution >= 4 is 23.9 Å². The number of hydrogen-bond acceptors (Lipinski definition) is 12. The number of cyclic esters (lactones) is 4. The van der Waals surface area contributed by atoms with Gasteiger partial charge in [0.05, 0.1) is 52.5 Å². The van der Waals surface area contributed by atoms with Crippen molar-refractivity contribution < 1.29 is 56.8 Å². The van der Waals surface area contributed by atoms with E-state index in [1.54, 1.807) is 13.8 Å². The standard InChI is InChI=1S/C26H38O12/c1-19-5-13-31-9-3-11-35-25(29)21-17-34-18-22(21)26(30)36-12-4-10-32-14-6-20(2)38-24(28)8-16-33-15-7-23(27)37-19/h17-20H,3-16H2,1-2H3. The molecule has 0 spiro atoms. The molecule has 1 aromatic heterocycles. The quantitative estimate of drug-likeness (QED) is 0.351. The zero-order valence-electron chi connectivity index (χ0n) is 22.1. The van der Waals surface area contributed by atoms with Gasteiger partial charge in [-0.2, -0.15) is 0 Å². The maximum absolute atomic E-state index is 12.3. The molecule has 2 heterocycles. The summed E-state index contributed by atoms with van der Waals surface area (Å²) in [7, 11) is 0.